The van der Waals surface area contributed by atoms with Crippen LogP contribution in [0.1, 0.15) is 42.4 Å². The monoisotopic (exact) mass is 311 g/mol. The van der Waals surface area contributed by atoms with Gasteiger partial charge in [-0.15, -0.1) is 0 Å². The summed E-state index contributed by atoms with van der Waals surface area (Å²) in [6.07, 6.45) is 5.35. The quantitative estimate of drug-likeness (QED) is 0.817. The zero-order valence-corrected chi connectivity index (χ0v) is 13.5. The molecule has 1 saturated carbocycles. The molecule has 3 heteroatoms. The lowest BCUT2D eigenvalue weighted by Crippen LogP contribution is -2.14. The molecule has 1 aliphatic rings. The fraction of sp³-hybridized carbons (Fsp3) is 0.400. The van der Waals surface area contributed by atoms with Gasteiger partial charge in [0.1, 0.15) is 5.75 Å². The molecule has 2 aromatic carbocycles. The highest BCUT2D eigenvalue weighted by atomic mass is 16.5. The van der Waals surface area contributed by atoms with Crippen molar-refractivity contribution in [3.05, 3.63) is 65.2 Å². The maximum atomic E-state index is 9.18. The molecule has 0 bridgehead atoms. The number of ether oxygens (including phenoxy) is 1. The number of benzene rings is 2. The van der Waals surface area contributed by atoms with Crippen molar-refractivity contribution < 1.29 is 9.84 Å². The van der Waals surface area contributed by atoms with E-state index in [9.17, 15) is 5.11 Å². The van der Waals surface area contributed by atoms with Crippen LogP contribution in [0.25, 0.3) is 0 Å². The Kier molecular flexibility index (Phi) is 5.67. The number of aliphatic hydroxyl groups excluding tert-OH is 1. The largest absolute Gasteiger partial charge is 0.490 e. The van der Waals surface area contributed by atoms with E-state index in [0.29, 0.717) is 6.10 Å². The molecule has 122 valence electrons. The first kappa shape index (κ1) is 16.0. The van der Waals surface area contributed by atoms with Crippen molar-refractivity contribution in [2.24, 2.45) is 0 Å². The summed E-state index contributed by atoms with van der Waals surface area (Å²) in [6.45, 7) is 1.70. The van der Waals surface area contributed by atoms with Crippen LogP contribution in [0.15, 0.2) is 48.5 Å². The van der Waals surface area contributed by atoms with Crippen LogP contribution in [-0.4, -0.2) is 11.2 Å². The van der Waals surface area contributed by atoms with Crippen molar-refractivity contribution in [1.29, 1.82) is 0 Å². The van der Waals surface area contributed by atoms with E-state index in [1.807, 2.05) is 24.3 Å². The Bertz CT molecular complexity index is 621. The SMILES string of the molecule is OCc1cccc(CNCc2cccc(OC3CCCC3)c2)c1. The Balaban J connectivity index is 1.51. The fourth-order valence-corrected chi connectivity index (χ4v) is 3.12. The molecule has 0 radical (unpaired) electrons. The van der Waals surface area contributed by atoms with Gasteiger partial charge in [0.15, 0.2) is 0 Å². The maximum Gasteiger partial charge on any atom is 0.120 e. The zero-order chi connectivity index (χ0) is 15.9. The van der Waals surface area contributed by atoms with Crippen molar-refractivity contribution >= 4 is 0 Å². The molecule has 23 heavy (non-hydrogen) atoms. The predicted octanol–water partition coefficient (Wildman–Crippen LogP) is 3.79. The summed E-state index contributed by atoms with van der Waals surface area (Å²) >= 11 is 0. The summed E-state index contributed by atoms with van der Waals surface area (Å²) in [7, 11) is 0. The van der Waals surface area contributed by atoms with E-state index in [1.54, 1.807) is 0 Å². The molecule has 0 spiro atoms. The lowest BCUT2D eigenvalue weighted by Gasteiger charge is -2.14. The molecular formula is C20H25NO2. The van der Waals surface area contributed by atoms with Crippen LogP contribution >= 0.6 is 0 Å². The molecule has 0 unspecified atom stereocenters. The Morgan fingerprint density at radius 3 is 2.30 bits per heavy atom. The molecule has 2 aromatic rings. The van der Waals surface area contributed by atoms with E-state index in [0.717, 1.165) is 24.4 Å². The van der Waals surface area contributed by atoms with Gasteiger partial charge in [0.25, 0.3) is 0 Å². The summed E-state index contributed by atoms with van der Waals surface area (Å²) in [6, 6.07) is 16.4. The first-order valence-corrected chi connectivity index (χ1v) is 8.48. The van der Waals surface area contributed by atoms with Gasteiger partial charge in [-0.25, -0.2) is 0 Å². The van der Waals surface area contributed by atoms with Crippen molar-refractivity contribution in [2.45, 2.75) is 51.5 Å². The average Bonchev–Trinajstić information content (AvgIpc) is 3.08. The molecule has 0 aromatic heterocycles. The zero-order valence-electron chi connectivity index (χ0n) is 13.5. The van der Waals surface area contributed by atoms with Crippen LogP contribution in [0.4, 0.5) is 0 Å². The van der Waals surface area contributed by atoms with Crippen molar-refractivity contribution in [3.63, 3.8) is 0 Å². The fourth-order valence-electron chi connectivity index (χ4n) is 3.12. The first-order chi connectivity index (χ1) is 11.3. The second-order valence-corrected chi connectivity index (χ2v) is 6.25. The topological polar surface area (TPSA) is 41.5 Å². The van der Waals surface area contributed by atoms with Crippen LogP contribution in [-0.2, 0) is 19.7 Å². The van der Waals surface area contributed by atoms with Crippen LogP contribution in [0.5, 0.6) is 5.75 Å². The number of hydrogen-bond donors (Lipinski definition) is 2. The molecule has 0 atom stereocenters. The second-order valence-electron chi connectivity index (χ2n) is 6.25. The van der Waals surface area contributed by atoms with E-state index in [1.165, 1.54) is 36.8 Å². The molecule has 3 nitrogen and oxygen atoms in total. The summed E-state index contributed by atoms with van der Waals surface area (Å²) in [5, 5.41) is 12.6. The predicted molar refractivity (Wildman–Crippen MR) is 92.2 cm³/mol. The second kappa shape index (κ2) is 8.14. The number of hydrogen-bond acceptors (Lipinski definition) is 3. The molecule has 2 N–H and O–H groups in total. The highest BCUT2D eigenvalue weighted by Crippen LogP contribution is 2.24. The average molecular weight is 311 g/mol. The van der Waals surface area contributed by atoms with Gasteiger partial charge in [-0.3, -0.25) is 0 Å². The highest BCUT2D eigenvalue weighted by molar-refractivity contribution is 5.29. The Morgan fingerprint density at radius 2 is 1.57 bits per heavy atom. The van der Waals surface area contributed by atoms with Gasteiger partial charge in [0.2, 0.25) is 0 Å². The summed E-state index contributed by atoms with van der Waals surface area (Å²) in [4.78, 5) is 0. The van der Waals surface area contributed by atoms with E-state index in [2.05, 4.69) is 29.6 Å². The minimum atomic E-state index is 0.0917. The van der Waals surface area contributed by atoms with E-state index in [-0.39, 0.29) is 6.61 Å². The Hall–Kier alpha value is -1.84. The third kappa shape index (κ3) is 4.81. The molecule has 1 fully saturated rings. The lowest BCUT2D eigenvalue weighted by molar-refractivity contribution is 0.210. The first-order valence-electron chi connectivity index (χ1n) is 8.48. The van der Waals surface area contributed by atoms with E-state index < -0.39 is 0 Å². The van der Waals surface area contributed by atoms with Crippen LogP contribution in [0.2, 0.25) is 0 Å². The van der Waals surface area contributed by atoms with Crippen molar-refractivity contribution in [3.8, 4) is 5.75 Å². The number of rotatable bonds is 7. The van der Waals surface area contributed by atoms with Crippen LogP contribution in [0.3, 0.4) is 0 Å². The summed E-state index contributed by atoms with van der Waals surface area (Å²) < 4.78 is 6.06. The van der Waals surface area contributed by atoms with Gasteiger partial charge >= 0.3 is 0 Å². The van der Waals surface area contributed by atoms with Gasteiger partial charge in [0.05, 0.1) is 12.7 Å². The minimum absolute atomic E-state index is 0.0917. The van der Waals surface area contributed by atoms with Gasteiger partial charge in [-0.05, 0) is 54.5 Å². The Labute approximate surface area is 138 Å². The van der Waals surface area contributed by atoms with Gasteiger partial charge in [0, 0.05) is 13.1 Å². The van der Waals surface area contributed by atoms with E-state index in [4.69, 9.17) is 4.74 Å². The lowest BCUT2D eigenvalue weighted by atomic mass is 10.1. The van der Waals surface area contributed by atoms with Gasteiger partial charge in [-0.1, -0.05) is 36.4 Å². The molecule has 0 saturated heterocycles. The summed E-state index contributed by atoms with van der Waals surface area (Å²) in [5.74, 6) is 0.985. The third-order valence-corrected chi connectivity index (χ3v) is 4.34. The molecule has 3 rings (SSSR count). The molecule has 0 amide bonds. The smallest absolute Gasteiger partial charge is 0.120 e. The van der Waals surface area contributed by atoms with Gasteiger partial charge in [-0.2, -0.15) is 0 Å². The number of nitrogens with one attached hydrogen (secondary N) is 1. The third-order valence-electron chi connectivity index (χ3n) is 4.34. The van der Waals surface area contributed by atoms with Gasteiger partial charge < -0.3 is 15.2 Å². The van der Waals surface area contributed by atoms with Crippen LogP contribution < -0.4 is 10.1 Å². The number of aliphatic hydroxyl groups is 1. The summed E-state index contributed by atoms with van der Waals surface area (Å²) in [5.41, 5.74) is 3.38. The Morgan fingerprint density at radius 1 is 0.913 bits per heavy atom. The van der Waals surface area contributed by atoms with Crippen molar-refractivity contribution in [2.75, 3.05) is 0 Å². The maximum absolute atomic E-state index is 9.18. The normalized spacial score (nSPS) is 15.0. The van der Waals surface area contributed by atoms with Crippen LogP contribution in [0, 0.1) is 0 Å². The molecule has 0 aliphatic heterocycles. The van der Waals surface area contributed by atoms with E-state index >= 15 is 0 Å². The molecular weight excluding hydrogens is 286 g/mol. The minimum Gasteiger partial charge on any atom is -0.490 e. The molecule has 0 heterocycles. The standard InChI is InChI=1S/C20H25NO2/c22-15-18-7-3-5-16(11-18)13-21-14-17-6-4-10-20(12-17)23-19-8-1-2-9-19/h3-7,10-12,19,21-22H,1-2,8-9,13-15H2. The molecule has 1 aliphatic carbocycles. The highest BCUT2D eigenvalue weighted by Gasteiger charge is 2.16. The van der Waals surface area contributed by atoms with Crippen molar-refractivity contribution in [1.82, 2.24) is 5.32 Å².